The molecule has 0 unspecified atom stereocenters. The number of nitrogens with zero attached hydrogens (tertiary/aromatic N) is 1. The van der Waals surface area contributed by atoms with Crippen molar-refractivity contribution in [3.63, 3.8) is 0 Å². The first kappa shape index (κ1) is 12.5. The van der Waals surface area contributed by atoms with Crippen LogP contribution in [0.15, 0.2) is 24.3 Å². The van der Waals surface area contributed by atoms with E-state index in [1.807, 2.05) is 32.0 Å². The molecule has 1 atom stereocenters. The molecule has 0 radical (unpaired) electrons. The molecular weight excluding hydrogens is 204 g/mol. The van der Waals surface area contributed by atoms with Crippen LogP contribution in [0.1, 0.15) is 19.4 Å². The highest BCUT2D eigenvalue weighted by Crippen LogP contribution is 2.17. The van der Waals surface area contributed by atoms with Gasteiger partial charge < -0.3 is 10.8 Å². The quantitative estimate of drug-likeness (QED) is 0.819. The second kappa shape index (κ2) is 5.51. The van der Waals surface area contributed by atoms with Crippen LogP contribution in [0.5, 0.6) is 0 Å². The number of hydrogen-bond acceptors (Lipinski definition) is 2. The standard InChI is InChI=1S/C12H18N2O2/c1-3-14(12(15)16)11-6-4-5-10(8-11)7-9(2)13/h4-6,8-9H,3,7,13H2,1-2H3,(H,15,16)/t9-/m0/s1. The molecule has 4 nitrogen and oxygen atoms in total. The van der Waals surface area contributed by atoms with E-state index in [2.05, 4.69) is 0 Å². The van der Waals surface area contributed by atoms with E-state index in [0.29, 0.717) is 12.2 Å². The summed E-state index contributed by atoms with van der Waals surface area (Å²) in [6.07, 6.45) is -0.175. The van der Waals surface area contributed by atoms with Crippen LogP contribution >= 0.6 is 0 Å². The lowest BCUT2D eigenvalue weighted by Gasteiger charge is -2.18. The summed E-state index contributed by atoms with van der Waals surface area (Å²) in [5.74, 6) is 0. The van der Waals surface area contributed by atoms with Crippen molar-refractivity contribution >= 4 is 11.8 Å². The first-order valence-electron chi connectivity index (χ1n) is 5.39. The Bertz CT molecular complexity index is 364. The van der Waals surface area contributed by atoms with Gasteiger partial charge in [0.05, 0.1) is 0 Å². The van der Waals surface area contributed by atoms with Gasteiger partial charge in [0, 0.05) is 18.3 Å². The third kappa shape index (κ3) is 3.24. The predicted octanol–water partition coefficient (Wildman–Crippen LogP) is 2.08. The van der Waals surface area contributed by atoms with Gasteiger partial charge >= 0.3 is 6.09 Å². The van der Waals surface area contributed by atoms with E-state index >= 15 is 0 Å². The number of benzene rings is 1. The molecule has 0 aliphatic heterocycles. The topological polar surface area (TPSA) is 66.6 Å². The Hall–Kier alpha value is -1.55. The molecule has 0 bridgehead atoms. The minimum atomic E-state index is -0.930. The first-order valence-corrected chi connectivity index (χ1v) is 5.39. The van der Waals surface area contributed by atoms with Crippen molar-refractivity contribution in [2.75, 3.05) is 11.4 Å². The molecule has 1 aromatic carbocycles. The Morgan fingerprint density at radius 3 is 2.75 bits per heavy atom. The van der Waals surface area contributed by atoms with Crippen LogP contribution in [-0.2, 0) is 6.42 Å². The highest BCUT2D eigenvalue weighted by atomic mass is 16.4. The molecule has 1 aromatic rings. The maximum absolute atomic E-state index is 11.0. The molecule has 0 aromatic heterocycles. The smallest absolute Gasteiger partial charge is 0.411 e. The maximum Gasteiger partial charge on any atom is 0.411 e. The van der Waals surface area contributed by atoms with Crippen LogP contribution in [0.2, 0.25) is 0 Å². The van der Waals surface area contributed by atoms with Crippen LogP contribution in [-0.4, -0.2) is 23.8 Å². The van der Waals surface area contributed by atoms with Gasteiger partial charge in [0.25, 0.3) is 0 Å². The number of amides is 1. The number of carboxylic acid groups (broad SMARTS) is 1. The van der Waals surface area contributed by atoms with Crippen molar-refractivity contribution in [3.8, 4) is 0 Å². The molecule has 0 spiro atoms. The fraction of sp³-hybridized carbons (Fsp3) is 0.417. The maximum atomic E-state index is 11.0. The predicted molar refractivity (Wildman–Crippen MR) is 64.8 cm³/mol. The summed E-state index contributed by atoms with van der Waals surface area (Å²) in [5, 5.41) is 9.00. The van der Waals surface area contributed by atoms with Crippen molar-refractivity contribution in [1.82, 2.24) is 0 Å². The van der Waals surface area contributed by atoms with Crippen LogP contribution in [0, 0.1) is 0 Å². The number of rotatable bonds is 4. The van der Waals surface area contributed by atoms with Crippen molar-refractivity contribution < 1.29 is 9.90 Å². The Kier molecular flexibility index (Phi) is 4.31. The molecule has 4 heteroatoms. The zero-order valence-corrected chi connectivity index (χ0v) is 9.68. The Balaban J connectivity index is 2.92. The lowest BCUT2D eigenvalue weighted by atomic mass is 10.1. The van der Waals surface area contributed by atoms with Crippen molar-refractivity contribution in [2.45, 2.75) is 26.3 Å². The van der Waals surface area contributed by atoms with Crippen molar-refractivity contribution in [3.05, 3.63) is 29.8 Å². The number of nitrogens with two attached hydrogens (primary N) is 1. The molecule has 0 saturated carbocycles. The summed E-state index contributed by atoms with van der Waals surface area (Å²) >= 11 is 0. The highest BCUT2D eigenvalue weighted by Gasteiger charge is 2.12. The zero-order chi connectivity index (χ0) is 12.1. The summed E-state index contributed by atoms with van der Waals surface area (Å²) < 4.78 is 0. The third-order valence-electron chi connectivity index (χ3n) is 2.33. The van der Waals surface area contributed by atoms with Gasteiger partial charge in [-0.15, -0.1) is 0 Å². The highest BCUT2D eigenvalue weighted by molar-refractivity contribution is 5.85. The molecule has 88 valence electrons. The monoisotopic (exact) mass is 222 g/mol. The molecule has 1 amide bonds. The molecule has 0 aliphatic rings. The van der Waals surface area contributed by atoms with Gasteiger partial charge in [-0.05, 0) is 38.0 Å². The number of anilines is 1. The Morgan fingerprint density at radius 1 is 1.56 bits per heavy atom. The lowest BCUT2D eigenvalue weighted by molar-refractivity contribution is 0.202. The van der Waals surface area contributed by atoms with Crippen molar-refractivity contribution in [2.24, 2.45) is 5.73 Å². The van der Waals surface area contributed by atoms with E-state index in [9.17, 15) is 4.79 Å². The Morgan fingerprint density at radius 2 is 2.25 bits per heavy atom. The molecule has 0 aliphatic carbocycles. The second-order valence-corrected chi connectivity index (χ2v) is 3.88. The number of carbonyl (C=O) groups is 1. The fourth-order valence-corrected chi connectivity index (χ4v) is 1.65. The average Bonchev–Trinajstić information content (AvgIpc) is 2.17. The number of hydrogen-bond donors (Lipinski definition) is 2. The first-order chi connectivity index (χ1) is 7.54. The van der Waals surface area contributed by atoms with E-state index in [1.54, 1.807) is 6.07 Å². The normalized spacial score (nSPS) is 12.2. The summed E-state index contributed by atoms with van der Waals surface area (Å²) in [5.41, 5.74) is 7.48. The van der Waals surface area contributed by atoms with Gasteiger partial charge in [-0.25, -0.2) is 4.79 Å². The van der Waals surface area contributed by atoms with Crippen LogP contribution < -0.4 is 10.6 Å². The molecule has 0 saturated heterocycles. The minimum Gasteiger partial charge on any atom is -0.465 e. The van der Waals surface area contributed by atoms with Gasteiger partial charge in [0.15, 0.2) is 0 Å². The van der Waals surface area contributed by atoms with Crippen LogP contribution in [0.25, 0.3) is 0 Å². The summed E-state index contributed by atoms with van der Waals surface area (Å²) in [4.78, 5) is 12.3. The van der Waals surface area contributed by atoms with Gasteiger partial charge in [0.2, 0.25) is 0 Å². The minimum absolute atomic E-state index is 0.0788. The van der Waals surface area contributed by atoms with Crippen LogP contribution in [0.4, 0.5) is 10.5 Å². The average molecular weight is 222 g/mol. The van der Waals surface area contributed by atoms with Crippen LogP contribution in [0.3, 0.4) is 0 Å². The molecule has 1 rings (SSSR count). The van der Waals surface area contributed by atoms with Gasteiger partial charge in [-0.2, -0.15) is 0 Å². The van der Waals surface area contributed by atoms with E-state index < -0.39 is 6.09 Å². The molecule has 16 heavy (non-hydrogen) atoms. The van der Waals surface area contributed by atoms with Crippen molar-refractivity contribution in [1.29, 1.82) is 0 Å². The molecule has 0 heterocycles. The third-order valence-corrected chi connectivity index (χ3v) is 2.33. The van der Waals surface area contributed by atoms with Gasteiger partial charge in [-0.3, -0.25) is 4.90 Å². The largest absolute Gasteiger partial charge is 0.465 e. The van der Waals surface area contributed by atoms with E-state index in [4.69, 9.17) is 10.8 Å². The van der Waals surface area contributed by atoms with E-state index in [1.165, 1.54) is 4.90 Å². The lowest BCUT2D eigenvalue weighted by Crippen LogP contribution is -2.28. The fourth-order valence-electron chi connectivity index (χ4n) is 1.65. The van der Waals surface area contributed by atoms with E-state index in [0.717, 1.165) is 12.0 Å². The molecular formula is C12H18N2O2. The summed E-state index contributed by atoms with van der Waals surface area (Å²) in [6.45, 7) is 4.19. The summed E-state index contributed by atoms with van der Waals surface area (Å²) in [6, 6.07) is 7.57. The second-order valence-electron chi connectivity index (χ2n) is 3.88. The molecule has 0 fully saturated rings. The van der Waals surface area contributed by atoms with E-state index in [-0.39, 0.29) is 6.04 Å². The van der Waals surface area contributed by atoms with Gasteiger partial charge in [-0.1, -0.05) is 12.1 Å². The molecule has 3 N–H and O–H groups in total. The SMILES string of the molecule is CCN(C(=O)O)c1cccc(C[C@H](C)N)c1. The van der Waals surface area contributed by atoms with Gasteiger partial charge in [0.1, 0.15) is 0 Å². The summed E-state index contributed by atoms with van der Waals surface area (Å²) in [7, 11) is 0. The zero-order valence-electron chi connectivity index (χ0n) is 9.68. The Labute approximate surface area is 95.7 Å².